The molecule has 0 saturated heterocycles. The molecule has 0 aliphatic heterocycles. The van der Waals surface area contributed by atoms with Crippen molar-refractivity contribution in [2.75, 3.05) is 0 Å². The van der Waals surface area contributed by atoms with E-state index in [4.69, 9.17) is 10.2 Å². The number of allylic oxidation sites excluding steroid dienone is 4. The van der Waals surface area contributed by atoms with Gasteiger partial charge in [0.2, 0.25) is 0 Å². The van der Waals surface area contributed by atoms with Gasteiger partial charge in [0.15, 0.2) is 0 Å². The molecule has 1 unspecified atom stereocenters. The van der Waals surface area contributed by atoms with Crippen LogP contribution in [0.4, 0.5) is 0 Å². The Kier molecular flexibility index (Phi) is 23.3. The molecule has 0 spiro atoms. The fourth-order valence-corrected chi connectivity index (χ4v) is 3.42. The molecule has 0 bridgehead atoms. The molecule has 0 heterocycles. The number of hydrogen-bond acceptors (Lipinski definition) is 2. The average Bonchev–Trinajstić information content (AvgIpc) is 3.29. The molecule has 1 aliphatic carbocycles. The molecule has 3 aromatic carbocycles. The third kappa shape index (κ3) is 15.5. The molecule has 204 valence electrons. The third-order valence-electron chi connectivity index (χ3n) is 5.22. The first kappa shape index (κ1) is 40.1. The van der Waals surface area contributed by atoms with E-state index in [1.54, 1.807) is 27.7 Å². The summed E-state index contributed by atoms with van der Waals surface area (Å²) in [6, 6.07) is 21.6. The maximum absolute atomic E-state index is 8.06. The zero-order chi connectivity index (χ0) is 27.1. The monoisotopic (exact) mass is 594 g/mol. The fourth-order valence-electron chi connectivity index (χ4n) is 3.42. The van der Waals surface area contributed by atoms with Crippen LogP contribution >= 0.6 is 0 Å². The van der Waals surface area contributed by atoms with Crippen molar-refractivity contribution in [2.45, 2.75) is 74.5 Å². The van der Waals surface area contributed by atoms with E-state index in [-0.39, 0.29) is 27.1 Å². The average molecular weight is 596 g/mol. The maximum atomic E-state index is 8.06. The Balaban J connectivity index is -0.000000472. The standard InChI is InChI=1S/C16H13.C9H13.2C3H8O.2CH3.Si.Zr/c1-12-10-14-8-5-9-15(16(14)11-12)13-6-3-2-4-7-13;1-6-5-7(2)9(4)8(6)3;2*1-3(2)4;;;;/h2-11H,1H3;6H,1-4H3;2*3-4H,1-2H3;2*1H3;;/q2*-1;;;2*-1;;. The summed E-state index contributed by atoms with van der Waals surface area (Å²) >= 11 is 1.36. The molecule has 0 aromatic heterocycles. The topological polar surface area (TPSA) is 40.5 Å². The third-order valence-corrected chi connectivity index (χ3v) is 5.22. The van der Waals surface area contributed by atoms with E-state index < -0.39 is 0 Å². The summed E-state index contributed by atoms with van der Waals surface area (Å²) in [4.78, 5) is 0. The van der Waals surface area contributed by atoms with Crippen molar-refractivity contribution in [1.29, 1.82) is 0 Å². The molecule has 2 N–H and O–H groups in total. The minimum atomic E-state index is -0.167. The first-order valence-corrected chi connectivity index (χ1v) is 16.2. The number of benzene rings is 2. The fraction of sp³-hybridized carbons (Fsp3) is 0.364. The molecular weight excluding hydrogens is 548 g/mol. The summed E-state index contributed by atoms with van der Waals surface area (Å²) in [7, 11) is 0. The second-order valence-corrected chi connectivity index (χ2v) is 9.19. The van der Waals surface area contributed by atoms with E-state index in [0.717, 1.165) is 0 Å². The molecule has 2 nitrogen and oxygen atoms in total. The van der Waals surface area contributed by atoms with Gasteiger partial charge in [0.25, 0.3) is 0 Å². The number of fused-ring (bicyclic) bond motifs is 1. The Bertz CT molecular complexity index is 1050. The van der Waals surface area contributed by atoms with Crippen LogP contribution in [0, 0.1) is 33.8 Å². The summed E-state index contributed by atoms with van der Waals surface area (Å²) in [6.07, 6.45) is 3.03. The van der Waals surface area contributed by atoms with Crippen LogP contribution in [0.25, 0.3) is 21.9 Å². The molecule has 1 atom stereocenters. The summed E-state index contributed by atoms with van der Waals surface area (Å²) in [6.45, 7) is 20.8. The van der Waals surface area contributed by atoms with Crippen LogP contribution in [-0.4, -0.2) is 29.3 Å². The van der Waals surface area contributed by atoms with Crippen LogP contribution in [-0.2, 0) is 23.3 Å². The number of aliphatic hydroxyl groups is 2. The normalized spacial score (nSPS) is 13.3. The van der Waals surface area contributed by atoms with Gasteiger partial charge in [0, 0.05) is 12.2 Å². The molecule has 1 aliphatic rings. The van der Waals surface area contributed by atoms with E-state index in [1.807, 2.05) is 0 Å². The van der Waals surface area contributed by atoms with E-state index in [1.165, 1.54) is 67.5 Å². The van der Waals surface area contributed by atoms with Crippen LogP contribution < -0.4 is 0 Å². The molecule has 0 fully saturated rings. The Hall–Kier alpha value is -1.45. The number of rotatable bonds is 1. The number of aryl methyl sites for hydroxylation is 1. The first-order valence-electron chi connectivity index (χ1n) is 12.0. The van der Waals surface area contributed by atoms with Crippen molar-refractivity contribution in [3.63, 3.8) is 0 Å². The van der Waals surface area contributed by atoms with Crippen LogP contribution in [0.1, 0.15) is 61.0 Å². The van der Waals surface area contributed by atoms with E-state index >= 15 is 0 Å². The summed E-state index contributed by atoms with van der Waals surface area (Å²) in [5.41, 5.74) is 8.19. The van der Waals surface area contributed by atoms with Gasteiger partial charge >= 0.3 is 30.2 Å². The van der Waals surface area contributed by atoms with Crippen LogP contribution in [0.2, 0.25) is 0 Å². The van der Waals surface area contributed by atoms with E-state index in [9.17, 15) is 0 Å². The van der Waals surface area contributed by atoms with Crippen LogP contribution in [0.5, 0.6) is 0 Å². The van der Waals surface area contributed by atoms with Crippen molar-refractivity contribution in [2.24, 2.45) is 5.92 Å². The summed E-state index contributed by atoms with van der Waals surface area (Å²) in [5, 5.41) is 18.8. The van der Waals surface area contributed by atoms with Gasteiger partial charge < -0.3 is 25.1 Å². The minimum absolute atomic E-state index is 0. The molecule has 0 saturated carbocycles. The molecule has 0 amide bonds. The molecule has 4 rings (SSSR count). The molecule has 37 heavy (non-hydrogen) atoms. The van der Waals surface area contributed by atoms with Crippen molar-refractivity contribution in [1.82, 2.24) is 0 Å². The van der Waals surface area contributed by atoms with Gasteiger partial charge in [-0.25, -0.2) is 5.57 Å². The summed E-state index contributed by atoms with van der Waals surface area (Å²) in [5.74, 6) is 0.560. The number of aliphatic hydroxyl groups excluding tert-OH is 2. The second kappa shape index (κ2) is 21.5. The first-order chi connectivity index (χ1) is 16.4. The SMILES string of the molecule is CC(C)O.CC(C)O.CC1=[C-]C(C)C(C)=C1C.Cc1cc2c(-c3ccccc3)cccc2[cH-]1.[CH3-].[CH3-].[Si]=[Zr]. The van der Waals surface area contributed by atoms with E-state index in [2.05, 4.69) is 108 Å². The predicted molar refractivity (Wildman–Crippen MR) is 163 cm³/mol. The van der Waals surface area contributed by atoms with Crippen LogP contribution in [0.3, 0.4) is 0 Å². The number of hydrogen-bond donors (Lipinski definition) is 2. The Morgan fingerprint density at radius 1 is 0.838 bits per heavy atom. The summed E-state index contributed by atoms with van der Waals surface area (Å²) < 4.78 is 0. The quantitative estimate of drug-likeness (QED) is 0.219. The van der Waals surface area contributed by atoms with Crippen molar-refractivity contribution in [3.8, 4) is 11.1 Å². The molecular formula is C33H48O2SiZr-4. The van der Waals surface area contributed by atoms with Crippen molar-refractivity contribution >= 4 is 17.7 Å². The predicted octanol–water partition coefficient (Wildman–Crippen LogP) is 8.55. The molecule has 3 aromatic rings. The Morgan fingerprint density at radius 2 is 1.32 bits per heavy atom. The van der Waals surface area contributed by atoms with Crippen LogP contribution in [0.15, 0.2) is 77.4 Å². The van der Waals surface area contributed by atoms with Crippen molar-refractivity contribution in [3.05, 3.63) is 104 Å². The van der Waals surface area contributed by atoms with Crippen molar-refractivity contribution < 1.29 is 33.5 Å². The van der Waals surface area contributed by atoms with Gasteiger partial charge in [0.1, 0.15) is 0 Å². The molecule has 2 radical (unpaired) electrons. The zero-order valence-electron chi connectivity index (χ0n) is 24.9. The van der Waals surface area contributed by atoms with Gasteiger partial charge in [-0.1, -0.05) is 75.6 Å². The molecule has 4 heteroatoms. The Labute approximate surface area is 245 Å². The van der Waals surface area contributed by atoms with E-state index in [0.29, 0.717) is 5.92 Å². The van der Waals surface area contributed by atoms with Gasteiger partial charge in [-0.05, 0) is 33.3 Å². The second-order valence-electron chi connectivity index (χ2n) is 9.19. The van der Waals surface area contributed by atoms with Gasteiger partial charge in [-0.15, -0.1) is 41.5 Å². The Morgan fingerprint density at radius 3 is 1.70 bits per heavy atom. The van der Waals surface area contributed by atoms with Gasteiger partial charge in [0.05, 0.1) is 0 Å². The zero-order valence-corrected chi connectivity index (χ0v) is 28.4. The van der Waals surface area contributed by atoms with Gasteiger partial charge in [-0.2, -0.15) is 17.2 Å². The van der Waals surface area contributed by atoms with Gasteiger partial charge in [-0.3, -0.25) is 6.08 Å².